The number of ether oxygens (including phenoxy) is 1. The number of aliphatic hydroxyl groups is 1. The van der Waals surface area contributed by atoms with Crippen molar-refractivity contribution >= 4 is 45.1 Å². The Hall–Kier alpha value is -1.39. The fraction of sp³-hybridized carbons (Fsp3) is 0.385. The number of hydrogen-bond acceptors (Lipinski definition) is 6. The van der Waals surface area contributed by atoms with Gasteiger partial charge >= 0.3 is 5.97 Å². The Kier molecular flexibility index (Phi) is 7.43. The van der Waals surface area contributed by atoms with E-state index in [4.69, 9.17) is 23.2 Å². The molecule has 0 aromatic heterocycles. The van der Waals surface area contributed by atoms with Gasteiger partial charge in [0.25, 0.3) is 5.91 Å². The molecule has 1 aromatic carbocycles. The average Bonchev–Trinajstić information content (AvgIpc) is 2.52. The smallest absolute Gasteiger partial charge is 0.327 e. The number of hydrogen-bond donors (Lipinski definition) is 3. The van der Waals surface area contributed by atoms with Gasteiger partial charge in [0.1, 0.15) is 6.04 Å². The summed E-state index contributed by atoms with van der Waals surface area (Å²) >= 11 is 11.5. The van der Waals surface area contributed by atoms with Crippen LogP contribution in [0.1, 0.15) is 6.92 Å². The quantitative estimate of drug-likeness (QED) is 0.568. The highest BCUT2D eigenvalue weighted by atomic mass is 35.5. The van der Waals surface area contributed by atoms with Crippen molar-refractivity contribution in [1.29, 1.82) is 0 Å². The Morgan fingerprint density at radius 1 is 1.29 bits per heavy atom. The van der Waals surface area contributed by atoms with Crippen molar-refractivity contribution < 1.29 is 27.9 Å². The van der Waals surface area contributed by atoms with Crippen LogP contribution in [0.25, 0.3) is 0 Å². The van der Waals surface area contributed by atoms with E-state index in [1.165, 1.54) is 26.1 Å². The maximum atomic E-state index is 12.3. The van der Waals surface area contributed by atoms with Gasteiger partial charge in [-0.3, -0.25) is 9.59 Å². The number of amides is 1. The zero-order valence-corrected chi connectivity index (χ0v) is 15.1. The van der Waals surface area contributed by atoms with Gasteiger partial charge in [0.05, 0.1) is 21.0 Å². The number of rotatable bonds is 7. The van der Waals surface area contributed by atoms with Gasteiger partial charge in [0.2, 0.25) is 10.0 Å². The molecule has 2 atom stereocenters. The van der Waals surface area contributed by atoms with E-state index < -0.39 is 40.7 Å². The highest BCUT2D eigenvalue weighted by Crippen LogP contribution is 2.25. The molecule has 0 heterocycles. The molecule has 1 amide bonds. The van der Waals surface area contributed by atoms with E-state index >= 15 is 0 Å². The van der Waals surface area contributed by atoms with Gasteiger partial charge < -0.3 is 15.2 Å². The van der Waals surface area contributed by atoms with Crippen LogP contribution in [0.3, 0.4) is 0 Å². The monoisotopic (exact) mass is 398 g/mol. The van der Waals surface area contributed by atoms with Gasteiger partial charge in [0.15, 0.2) is 6.61 Å². The van der Waals surface area contributed by atoms with Crippen molar-refractivity contribution in [3.05, 3.63) is 28.2 Å². The third kappa shape index (κ3) is 5.60. The molecule has 8 nitrogen and oxygen atoms in total. The Balaban J connectivity index is 2.95. The minimum absolute atomic E-state index is 0.00957. The lowest BCUT2D eigenvalue weighted by Gasteiger charge is -2.20. The number of benzene rings is 1. The first-order valence-electron chi connectivity index (χ1n) is 6.61. The molecule has 0 saturated carbocycles. The Labute approximate surface area is 149 Å². The molecule has 134 valence electrons. The molecule has 0 radical (unpaired) electrons. The van der Waals surface area contributed by atoms with Crippen molar-refractivity contribution in [1.82, 2.24) is 10.0 Å². The van der Waals surface area contributed by atoms with Crippen molar-refractivity contribution in [2.24, 2.45) is 0 Å². The van der Waals surface area contributed by atoms with Crippen LogP contribution < -0.4 is 10.0 Å². The molecule has 1 aromatic rings. The molecular formula is C13H16Cl2N2O6S. The third-order valence-electron chi connectivity index (χ3n) is 2.84. The summed E-state index contributed by atoms with van der Waals surface area (Å²) in [6, 6.07) is 1.96. The van der Waals surface area contributed by atoms with Crippen LogP contribution >= 0.6 is 23.2 Å². The van der Waals surface area contributed by atoms with E-state index in [9.17, 15) is 23.1 Å². The lowest BCUT2D eigenvalue weighted by Crippen LogP contribution is -2.49. The second-order valence-electron chi connectivity index (χ2n) is 4.70. The van der Waals surface area contributed by atoms with Gasteiger partial charge in [-0.2, -0.15) is 4.72 Å². The molecule has 0 spiro atoms. The SMILES string of the molecule is CNC(=O)COC(=O)[C@H](NS(=O)(=O)c1ccc(Cl)c(Cl)c1)[C@H](C)O. The first-order chi connectivity index (χ1) is 11.1. The van der Waals surface area contributed by atoms with Gasteiger partial charge in [-0.25, -0.2) is 8.42 Å². The molecule has 0 aliphatic carbocycles. The molecule has 0 aliphatic heterocycles. The van der Waals surface area contributed by atoms with Crippen molar-refractivity contribution in [2.45, 2.75) is 24.0 Å². The van der Waals surface area contributed by atoms with Crippen LogP contribution in [0.5, 0.6) is 0 Å². The predicted molar refractivity (Wildman–Crippen MR) is 87.3 cm³/mol. The summed E-state index contributed by atoms with van der Waals surface area (Å²) in [7, 11) is -2.84. The summed E-state index contributed by atoms with van der Waals surface area (Å²) in [5, 5.41) is 12.0. The molecule has 24 heavy (non-hydrogen) atoms. The van der Waals surface area contributed by atoms with Crippen LogP contribution in [0.15, 0.2) is 23.1 Å². The lowest BCUT2D eigenvalue weighted by molar-refractivity contribution is -0.152. The second kappa shape index (κ2) is 8.63. The Morgan fingerprint density at radius 3 is 2.42 bits per heavy atom. The number of nitrogens with one attached hydrogen (secondary N) is 2. The Morgan fingerprint density at radius 2 is 1.92 bits per heavy atom. The molecule has 3 N–H and O–H groups in total. The summed E-state index contributed by atoms with van der Waals surface area (Å²) in [5.74, 6) is -1.68. The van der Waals surface area contributed by atoms with Crippen LogP contribution in [-0.4, -0.2) is 51.2 Å². The number of carbonyl (C=O) groups excluding carboxylic acids is 2. The lowest BCUT2D eigenvalue weighted by atomic mass is 10.2. The highest BCUT2D eigenvalue weighted by Gasteiger charge is 2.31. The fourth-order valence-corrected chi connectivity index (χ4v) is 3.17. The van der Waals surface area contributed by atoms with E-state index in [2.05, 4.69) is 10.1 Å². The number of esters is 1. The molecule has 0 unspecified atom stereocenters. The van der Waals surface area contributed by atoms with Crippen LogP contribution in [0.4, 0.5) is 0 Å². The van der Waals surface area contributed by atoms with Gasteiger partial charge in [0, 0.05) is 7.05 Å². The third-order valence-corrected chi connectivity index (χ3v) is 5.02. The molecule has 11 heteroatoms. The highest BCUT2D eigenvalue weighted by molar-refractivity contribution is 7.89. The van der Waals surface area contributed by atoms with Crippen molar-refractivity contribution in [3.8, 4) is 0 Å². The van der Waals surface area contributed by atoms with Crippen molar-refractivity contribution in [2.75, 3.05) is 13.7 Å². The van der Waals surface area contributed by atoms with Gasteiger partial charge in [-0.05, 0) is 25.1 Å². The predicted octanol–water partition coefficient (Wildman–Crippen LogP) is 0.310. The molecule has 0 aliphatic rings. The molecule has 1 rings (SSSR count). The van der Waals surface area contributed by atoms with Crippen LogP contribution in [-0.2, 0) is 24.3 Å². The summed E-state index contributed by atoms with van der Waals surface area (Å²) in [6.07, 6.45) is -1.40. The normalized spacial score (nSPS) is 13.9. The zero-order chi connectivity index (χ0) is 18.5. The van der Waals surface area contributed by atoms with E-state index in [0.29, 0.717) is 0 Å². The number of carbonyl (C=O) groups is 2. The van der Waals surface area contributed by atoms with E-state index in [1.807, 2.05) is 4.72 Å². The number of halogens is 2. The minimum atomic E-state index is -4.19. The minimum Gasteiger partial charge on any atom is -0.454 e. The maximum Gasteiger partial charge on any atom is 0.327 e. The van der Waals surface area contributed by atoms with E-state index in [1.54, 1.807) is 0 Å². The topological polar surface area (TPSA) is 122 Å². The standard InChI is InChI=1S/C13H16Cl2N2O6S/c1-7(18)12(13(20)23-6-11(19)16-2)17-24(21,22)8-3-4-9(14)10(15)5-8/h3-5,7,12,17-18H,6H2,1-2H3,(H,16,19)/t7-,12+/m0/s1. The first kappa shape index (κ1) is 20.7. The zero-order valence-electron chi connectivity index (χ0n) is 12.7. The van der Waals surface area contributed by atoms with Crippen LogP contribution in [0, 0.1) is 0 Å². The van der Waals surface area contributed by atoms with E-state index in [0.717, 1.165) is 6.07 Å². The first-order valence-corrected chi connectivity index (χ1v) is 8.85. The average molecular weight is 399 g/mol. The Bertz CT molecular complexity index is 723. The summed E-state index contributed by atoms with van der Waals surface area (Å²) in [4.78, 5) is 22.7. The number of likely N-dealkylation sites (N-methyl/N-ethyl adjacent to an activating group) is 1. The summed E-state index contributed by atoms with van der Waals surface area (Å²) < 4.78 is 31.3. The summed E-state index contributed by atoms with van der Waals surface area (Å²) in [5.41, 5.74) is 0. The molecule has 0 saturated heterocycles. The van der Waals surface area contributed by atoms with E-state index in [-0.39, 0.29) is 14.9 Å². The van der Waals surface area contributed by atoms with Crippen molar-refractivity contribution in [3.63, 3.8) is 0 Å². The van der Waals surface area contributed by atoms with Gasteiger partial charge in [-0.15, -0.1) is 0 Å². The second-order valence-corrected chi connectivity index (χ2v) is 7.22. The van der Waals surface area contributed by atoms with Crippen LogP contribution in [0.2, 0.25) is 10.0 Å². The van der Waals surface area contributed by atoms with Gasteiger partial charge in [-0.1, -0.05) is 23.2 Å². The largest absolute Gasteiger partial charge is 0.454 e. The number of aliphatic hydroxyl groups excluding tert-OH is 1. The molecule has 0 bridgehead atoms. The molecule has 0 fully saturated rings. The fourth-order valence-electron chi connectivity index (χ4n) is 1.52. The maximum absolute atomic E-state index is 12.3. The molecular weight excluding hydrogens is 383 g/mol. The summed E-state index contributed by atoms with van der Waals surface area (Å²) in [6.45, 7) is 0.593. The number of sulfonamides is 1.